The molecule has 28 heavy (non-hydrogen) atoms. The third-order valence-electron chi connectivity index (χ3n) is 4.83. The van der Waals surface area contributed by atoms with Crippen molar-refractivity contribution in [1.82, 2.24) is 15.6 Å². The minimum Gasteiger partial charge on any atom is -0.382 e. The number of hydrogen-bond donors (Lipinski definition) is 2. The molecule has 0 aliphatic heterocycles. The molecule has 1 aromatic rings. The number of nitrogens with zero attached hydrogens (tertiary/aromatic N) is 2. The van der Waals surface area contributed by atoms with Gasteiger partial charge in [-0.3, -0.25) is 0 Å². The van der Waals surface area contributed by atoms with E-state index in [0.717, 1.165) is 55.7 Å². The van der Waals surface area contributed by atoms with Crippen LogP contribution in [0.4, 0.5) is 13.2 Å². The number of ether oxygens (including phenoxy) is 1. The van der Waals surface area contributed by atoms with Crippen molar-refractivity contribution >= 4 is 41.3 Å². The van der Waals surface area contributed by atoms with Gasteiger partial charge in [-0.1, -0.05) is 12.8 Å². The second kappa shape index (κ2) is 12.2. The zero-order chi connectivity index (χ0) is 19.8. The molecule has 1 saturated carbocycles. The summed E-state index contributed by atoms with van der Waals surface area (Å²) in [6.45, 7) is 7.04. The normalized spacial score (nSPS) is 16.7. The molecule has 1 aliphatic rings. The number of alkyl halides is 3. The van der Waals surface area contributed by atoms with Crippen molar-refractivity contribution in [2.75, 3.05) is 26.3 Å². The molecule has 1 fully saturated rings. The number of aromatic nitrogens is 1. The molecule has 0 saturated heterocycles. The molecular formula is C18H30F3IN4OS. The summed E-state index contributed by atoms with van der Waals surface area (Å²) in [6, 6.07) is 0. The maximum atomic E-state index is 12.7. The van der Waals surface area contributed by atoms with E-state index in [1.54, 1.807) is 0 Å². The van der Waals surface area contributed by atoms with E-state index in [4.69, 9.17) is 4.74 Å². The first-order valence-corrected chi connectivity index (χ1v) is 10.4. The topological polar surface area (TPSA) is 58.5 Å². The fraction of sp³-hybridized carbons (Fsp3) is 0.778. The number of nitrogens with one attached hydrogen (secondary N) is 2. The lowest BCUT2D eigenvalue weighted by Gasteiger charge is -2.30. The van der Waals surface area contributed by atoms with Crippen molar-refractivity contribution in [1.29, 1.82) is 0 Å². The number of halogens is 4. The monoisotopic (exact) mass is 534 g/mol. The molecule has 0 radical (unpaired) electrons. The lowest BCUT2D eigenvalue weighted by molar-refractivity contribution is -0.140. The molecule has 0 bridgehead atoms. The standard InChI is InChI=1S/C18H29F3N4OS.HI/c1-3-22-16(23-11-15-25-14(12-27-15)18(19,20)21)24-13-17(7-5-6-8-17)9-10-26-4-2;/h12H,3-11,13H2,1-2H3,(H2,22,23,24);1H. The zero-order valence-electron chi connectivity index (χ0n) is 16.4. The van der Waals surface area contributed by atoms with E-state index in [0.29, 0.717) is 17.5 Å². The van der Waals surface area contributed by atoms with Gasteiger partial charge in [0.15, 0.2) is 11.7 Å². The Morgan fingerprint density at radius 1 is 1.29 bits per heavy atom. The predicted octanol–water partition coefficient (Wildman–Crippen LogP) is 4.82. The minimum absolute atomic E-state index is 0. The number of hydrogen-bond acceptors (Lipinski definition) is 4. The third kappa shape index (κ3) is 8.02. The van der Waals surface area contributed by atoms with Gasteiger partial charge in [0.1, 0.15) is 5.01 Å². The molecule has 0 aromatic carbocycles. The summed E-state index contributed by atoms with van der Waals surface area (Å²) in [5.41, 5.74) is -0.646. The van der Waals surface area contributed by atoms with Crippen molar-refractivity contribution in [2.24, 2.45) is 10.4 Å². The minimum atomic E-state index is -4.41. The first kappa shape index (κ1) is 25.4. The van der Waals surface area contributed by atoms with Crippen LogP contribution in [0, 0.1) is 5.41 Å². The number of rotatable bonds is 9. The van der Waals surface area contributed by atoms with Gasteiger partial charge in [-0.05, 0) is 38.5 Å². The highest BCUT2D eigenvalue weighted by atomic mass is 127. The lowest BCUT2D eigenvalue weighted by atomic mass is 9.83. The summed E-state index contributed by atoms with van der Waals surface area (Å²) in [5, 5.41) is 7.92. The summed E-state index contributed by atoms with van der Waals surface area (Å²) >= 11 is 0.982. The number of thiazole rings is 1. The van der Waals surface area contributed by atoms with Crippen LogP contribution in [0.2, 0.25) is 0 Å². The Hall–Kier alpha value is -0.620. The van der Waals surface area contributed by atoms with Crippen LogP contribution in [0.25, 0.3) is 0 Å². The van der Waals surface area contributed by atoms with E-state index >= 15 is 0 Å². The Labute approximate surface area is 186 Å². The highest BCUT2D eigenvalue weighted by Gasteiger charge is 2.34. The molecule has 0 amide bonds. The van der Waals surface area contributed by atoms with Gasteiger partial charge in [0.05, 0.1) is 6.54 Å². The van der Waals surface area contributed by atoms with Crippen molar-refractivity contribution < 1.29 is 17.9 Å². The smallest absolute Gasteiger partial charge is 0.382 e. The van der Waals surface area contributed by atoms with Crippen molar-refractivity contribution in [3.8, 4) is 0 Å². The first-order chi connectivity index (χ1) is 12.9. The summed E-state index contributed by atoms with van der Waals surface area (Å²) in [4.78, 5) is 8.04. The molecule has 10 heteroatoms. The van der Waals surface area contributed by atoms with Gasteiger partial charge in [0.2, 0.25) is 0 Å². The van der Waals surface area contributed by atoms with E-state index in [-0.39, 0.29) is 35.9 Å². The van der Waals surface area contributed by atoms with E-state index in [2.05, 4.69) is 20.6 Å². The third-order valence-corrected chi connectivity index (χ3v) is 5.67. The zero-order valence-corrected chi connectivity index (χ0v) is 19.5. The Morgan fingerprint density at radius 2 is 2.00 bits per heavy atom. The summed E-state index contributed by atoms with van der Waals surface area (Å²) in [5.74, 6) is 0.615. The molecule has 1 aromatic heterocycles. The fourth-order valence-electron chi connectivity index (χ4n) is 3.35. The quantitative estimate of drug-likeness (QED) is 0.207. The Balaban J connectivity index is 0.00000392. The van der Waals surface area contributed by atoms with Crippen LogP contribution >= 0.6 is 35.3 Å². The molecule has 0 unspecified atom stereocenters. The lowest BCUT2D eigenvalue weighted by Crippen LogP contribution is -2.43. The Bertz CT molecular complexity index is 604. The summed E-state index contributed by atoms with van der Waals surface area (Å²) in [6.07, 6.45) is 1.37. The molecular weight excluding hydrogens is 504 g/mol. The van der Waals surface area contributed by atoms with Gasteiger partial charge < -0.3 is 15.4 Å². The Morgan fingerprint density at radius 3 is 2.57 bits per heavy atom. The van der Waals surface area contributed by atoms with Gasteiger partial charge in [-0.15, -0.1) is 35.3 Å². The maximum Gasteiger partial charge on any atom is 0.434 e. The van der Waals surface area contributed by atoms with Crippen molar-refractivity contribution in [3.05, 3.63) is 16.1 Å². The molecule has 2 rings (SSSR count). The van der Waals surface area contributed by atoms with Crippen LogP contribution < -0.4 is 10.6 Å². The van der Waals surface area contributed by atoms with Gasteiger partial charge in [0, 0.05) is 31.7 Å². The van der Waals surface area contributed by atoms with E-state index in [1.807, 2.05) is 13.8 Å². The van der Waals surface area contributed by atoms with Crippen LogP contribution in [-0.2, 0) is 17.5 Å². The molecule has 1 aliphatic carbocycles. The summed E-state index contributed by atoms with van der Waals surface area (Å²) < 4.78 is 43.5. The van der Waals surface area contributed by atoms with Crippen LogP contribution in [-0.4, -0.2) is 37.2 Å². The average molecular weight is 534 g/mol. The molecule has 2 N–H and O–H groups in total. The fourth-order valence-corrected chi connectivity index (χ4v) is 4.07. The second-order valence-electron chi connectivity index (χ2n) is 6.83. The van der Waals surface area contributed by atoms with Gasteiger partial charge in [-0.25, -0.2) is 9.98 Å². The molecule has 162 valence electrons. The Kier molecular flexibility index (Phi) is 11.0. The molecule has 0 atom stereocenters. The van der Waals surface area contributed by atoms with Crippen LogP contribution in [0.5, 0.6) is 0 Å². The molecule has 0 spiro atoms. The van der Waals surface area contributed by atoms with Crippen molar-refractivity contribution in [3.63, 3.8) is 0 Å². The van der Waals surface area contributed by atoms with E-state index in [9.17, 15) is 13.2 Å². The SMILES string of the molecule is CCNC(=NCc1nc(C(F)(F)F)cs1)NCC1(CCOCC)CCCC1.I. The van der Waals surface area contributed by atoms with Gasteiger partial charge >= 0.3 is 6.18 Å². The van der Waals surface area contributed by atoms with Crippen LogP contribution in [0.1, 0.15) is 56.7 Å². The second-order valence-corrected chi connectivity index (χ2v) is 7.77. The van der Waals surface area contributed by atoms with Crippen LogP contribution in [0.15, 0.2) is 10.4 Å². The molecule has 1 heterocycles. The predicted molar refractivity (Wildman–Crippen MR) is 117 cm³/mol. The maximum absolute atomic E-state index is 12.7. The molecule has 5 nitrogen and oxygen atoms in total. The largest absolute Gasteiger partial charge is 0.434 e. The van der Waals surface area contributed by atoms with E-state index in [1.165, 1.54) is 12.8 Å². The van der Waals surface area contributed by atoms with Gasteiger partial charge in [0.25, 0.3) is 0 Å². The van der Waals surface area contributed by atoms with Gasteiger partial charge in [-0.2, -0.15) is 13.2 Å². The van der Waals surface area contributed by atoms with Crippen molar-refractivity contribution in [2.45, 2.75) is 58.7 Å². The van der Waals surface area contributed by atoms with Crippen LogP contribution in [0.3, 0.4) is 0 Å². The first-order valence-electron chi connectivity index (χ1n) is 9.50. The van der Waals surface area contributed by atoms with E-state index < -0.39 is 11.9 Å². The average Bonchev–Trinajstić information content (AvgIpc) is 3.27. The summed E-state index contributed by atoms with van der Waals surface area (Å²) in [7, 11) is 0. The number of guanidine groups is 1. The number of aliphatic imine (C=N–C) groups is 1. The highest BCUT2D eigenvalue weighted by molar-refractivity contribution is 14.0. The highest BCUT2D eigenvalue weighted by Crippen LogP contribution is 2.40.